The molecule has 1 aliphatic carbocycles. The van der Waals surface area contributed by atoms with E-state index in [-0.39, 0.29) is 12.1 Å². The molecule has 4 heteroatoms. The van der Waals surface area contributed by atoms with Gasteiger partial charge in [0.25, 0.3) is 0 Å². The van der Waals surface area contributed by atoms with Crippen LogP contribution in [0.1, 0.15) is 50.8 Å². The molecule has 0 aromatic heterocycles. The van der Waals surface area contributed by atoms with Crippen molar-refractivity contribution < 1.29 is 9.53 Å². The molecule has 1 amide bonds. The van der Waals surface area contributed by atoms with Crippen LogP contribution in [0.3, 0.4) is 0 Å². The van der Waals surface area contributed by atoms with Gasteiger partial charge in [-0.05, 0) is 63.3 Å². The summed E-state index contributed by atoms with van der Waals surface area (Å²) in [5.74, 6) is 0. The summed E-state index contributed by atoms with van der Waals surface area (Å²) in [6.45, 7) is 5.62. The molecule has 0 heterocycles. The molecule has 0 fully saturated rings. The Morgan fingerprint density at radius 1 is 1.42 bits per heavy atom. The monoisotopic (exact) mass is 325 g/mol. The van der Waals surface area contributed by atoms with Crippen molar-refractivity contribution in [2.75, 3.05) is 0 Å². The highest BCUT2D eigenvalue weighted by atomic mass is 79.9. The van der Waals surface area contributed by atoms with E-state index in [9.17, 15) is 4.79 Å². The molecule has 2 rings (SSSR count). The highest BCUT2D eigenvalue weighted by molar-refractivity contribution is 9.10. The molecule has 104 valence electrons. The average molecular weight is 326 g/mol. The molecule has 1 N–H and O–H groups in total. The van der Waals surface area contributed by atoms with Crippen molar-refractivity contribution in [2.45, 2.75) is 51.7 Å². The third-order valence-electron chi connectivity index (χ3n) is 3.11. The molecular weight excluding hydrogens is 306 g/mol. The third-order valence-corrected chi connectivity index (χ3v) is 3.61. The highest BCUT2D eigenvalue weighted by Crippen LogP contribution is 2.32. The van der Waals surface area contributed by atoms with E-state index >= 15 is 0 Å². The number of fused-ring (bicyclic) bond motifs is 1. The smallest absolute Gasteiger partial charge is 0.408 e. The van der Waals surface area contributed by atoms with Crippen LogP contribution in [0.15, 0.2) is 22.7 Å². The Balaban J connectivity index is 2.11. The Labute approximate surface area is 122 Å². The lowest BCUT2D eigenvalue weighted by Crippen LogP contribution is -2.36. The molecule has 3 nitrogen and oxygen atoms in total. The Kier molecular flexibility index (Phi) is 4.19. The standard InChI is InChI=1S/C15H20BrNO2/c1-15(2,3)19-14(18)17-13-6-4-5-10-7-8-11(16)9-12(10)13/h7-9,13H,4-6H2,1-3H3,(H,17,18)/t13-/m0/s1. The van der Waals surface area contributed by atoms with Crippen molar-refractivity contribution in [3.63, 3.8) is 0 Å². The lowest BCUT2D eigenvalue weighted by atomic mass is 9.88. The van der Waals surface area contributed by atoms with Gasteiger partial charge in [-0.25, -0.2) is 4.79 Å². The zero-order valence-corrected chi connectivity index (χ0v) is 13.2. The topological polar surface area (TPSA) is 38.3 Å². The van der Waals surface area contributed by atoms with Gasteiger partial charge < -0.3 is 10.1 Å². The maximum absolute atomic E-state index is 11.9. The van der Waals surface area contributed by atoms with E-state index in [0.29, 0.717) is 0 Å². The molecule has 0 aliphatic heterocycles. The van der Waals surface area contributed by atoms with Gasteiger partial charge in [-0.15, -0.1) is 0 Å². The zero-order chi connectivity index (χ0) is 14.0. The summed E-state index contributed by atoms with van der Waals surface area (Å²) in [5, 5.41) is 2.98. The fourth-order valence-corrected chi connectivity index (χ4v) is 2.75. The summed E-state index contributed by atoms with van der Waals surface area (Å²) in [4.78, 5) is 11.9. The molecule has 1 aliphatic rings. The Morgan fingerprint density at radius 2 is 2.16 bits per heavy atom. The third kappa shape index (κ3) is 3.96. The first-order chi connectivity index (χ1) is 8.85. The van der Waals surface area contributed by atoms with E-state index in [2.05, 4.69) is 39.4 Å². The molecule has 19 heavy (non-hydrogen) atoms. The lowest BCUT2D eigenvalue weighted by molar-refractivity contribution is 0.0498. The second kappa shape index (κ2) is 5.53. The van der Waals surface area contributed by atoms with E-state index in [4.69, 9.17) is 4.74 Å². The summed E-state index contributed by atoms with van der Waals surface area (Å²) in [7, 11) is 0. The van der Waals surface area contributed by atoms with E-state index in [0.717, 1.165) is 23.7 Å². The largest absolute Gasteiger partial charge is 0.444 e. The van der Waals surface area contributed by atoms with Crippen molar-refractivity contribution in [1.29, 1.82) is 0 Å². The van der Waals surface area contributed by atoms with Crippen LogP contribution in [-0.2, 0) is 11.2 Å². The molecule has 1 aromatic carbocycles. The maximum atomic E-state index is 11.9. The van der Waals surface area contributed by atoms with Gasteiger partial charge in [0, 0.05) is 4.47 Å². The predicted molar refractivity (Wildman–Crippen MR) is 79.2 cm³/mol. The molecule has 1 aromatic rings. The number of aryl methyl sites for hydroxylation is 1. The molecule has 0 unspecified atom stereocenters. The van der Waals surface area contributed by atoms with Gasteiger partial charge in [-0.2, -0.15) is 0 Å². The number of hydrogen-bond donors (Lipinski definition) is 1. The zero-order valence-electron chi connectivity index (χ0n) is 11.6. The molecular formula is C15H20BrNO2. The number of benzene rings is 1. The quantitative estimate of drug-likeness (QED) is 0.833. The predicted octanol–water partition coefficient (Wildman–Crippen LogP) is 4.35. The fourth-order valence-electron chi connectivity index (χ4n) is 2.37. The summed E-state index contributed by atoms with van der Waals surface area (Å²) < 4.78 is 6.37. The molecule has 0 bridgehead atoms. The van der Waals surface area contributed by atoms with Gasteiger partial charge in [0.05, 0.1) is 6.04 Å². The first-order valence-corrected chi connectivity index (χ1v) is 7.42. The number of carbonyl (C=O) groups is 1. The van der Waals surface area contributed by atoms with Crippen LogP contribution in [0.4, 0.5) is 4.79 Å². The van der Waals surface area contributed by atoms with Crippen molar-refractivity contribution >= 4 is 22.0 Å². The highest BCUT2D eigenvalue weighted by Gasteiger charge is 2.24. The first-order valence-electron chi connectivity index (χ1n) is 6.63. The molecule has 1 atom stereocenters. The molecule has 0 saturated heterocycles. The minimum absolute atomic E-state index is 0.0519. The van der Waals surface area contributed by atoms with Crippen molar-refractivity contribution in [3.05, 3.63) is 33.8 Å². The van der Waals surface area contributed by atoms with Gasteiger partial charge in [0.2, 0.25) is 0 Å². The van der Waals surface area contributed by atoms with Crippen LogP contribution in [0, 0.1) is 0 Å². The van der Waals surface area contributed by atoms with Gasteiger partial charge in [-0.3, -0.25) is 0 Å². The lowest BCUT2D eigenvalue weighted by Gasteiger charge is -2.28. The van der Waals surface area contributed by atoms with E-state index in [1.54, 1.807) is 0 Å². The van der Waals surface area contributed by atoms with E-state index in [1.807, 2.05) is 20.8 Å². The number of ether oxygens (including phenoxy) is 1. The summed E-state index contributed by atoms with van der Waals surface area (Å²) >= 11 is 3.49. The summed E-state index contributed by atoms with van der Waals surface area (Å²) in [6.07, 6.45) is 2.79. The van der Waals surface area contributed by atoms with Crippen molar-refractivity contribution in [3.8, 4) is 0 Å². The number of nitrogens with one attached hydrogen (secondary N) is 1. The fraction of sp³-hybridized carbons (Fsp3) is 0.533. The number of amides is 1. The van der Waals surface area contributed by atoms with Gasteiger partial charge in [0.1, 0.15) is 5.60 Å². The second-order valence-electron chi connectivity index (χ2n) is 5.93. The molecule has 0 saturated carbocycles. The van der Waals surface area contributed by atoms with Crippen LogP contribution in [0.5, 0.6) is 0 Å². The number of alkyl carbamates (subject to hydrolysis) is 1. The normalized spacial score (nSPS) is 18.6. The van der Waals surface area contributed by atoms with Gasteiger partial charge >= 0.3 is 6.09 Å². The van der Waals surface area contributed by atoms with Gasteiger partial charge in [0.15, 0.2) is 0 Å². The average Bonchev–Trinajstić information content (AvgIpc) is 2.27. The molecule has 0 radical (unpaired) electrons. The van der Waals surface area contributed by atoms with Crippen LogP contribution < -0.4 is 5.32 Å². The van der Waals surface area contributed by atoms with Crippen LogP contribution in [-0.4, -0.2) is 11.7 Å². The van der Waals surface area contributed by atoms with Crippen LogP contribution >= 0.6 is 15.9 Å². The first kappa shape index (κ1) is 14.4. The Morgan fingerprint density at radius 3 is 2.84 bits per heavy atom. The second-order valence-corrected chi connectivity index (χ2v) is 6.85. The number of halogens is 1. The Hall–Kier alpha value is -1.03. The number of carbonyl (C=O) groups excluding carboxylic acids is 1. The Bertz CT molecular complexity index is 480. The number of hydrogen-bond acceptors (Lipinski definition) is 2. The van der Waals surface area contributed by atoms with E-state index in [1.165, 1.54) is 11.1 Å². The summed E-state index contributed by atoms with van der Waals surface area (Å²) in [6, 6.07) is 6.32. The molecule has 0 spiro atoms. The van der Waals surface area contributed by atoms with Crippen molar-refractivity contribution in [1.82, 2.24) is 5.32 Å². The number of rotatable bonds is 1. The minimum Gasteiger partial charge on any atom is -0.444 e. The van der Waals surface area contributed by atoms with Crippen LogP contribution in [0.25, 0.3) is 0 Å². The van der Waals surface area contributed by atoms with E-state index < -0.39 is 5.60 Å². The minimum atomic E-state index is -0.459. The van der Waals surface area contributed by atoms with Crippen LogP contribution in [0.2, 0.25) is 0 Å². The van der Waals surface area contributed by atoms with Crippen molar-refractivity contribution in [2.24, 2.45) is 0 Å². The summed E-state index contributed by atoms with van der Waals surface area (Å²) in [5.41, 5.74) is 2.06. The van der Waals surface area contributed by atoms with Gasteiger partial charge in [-0.1, -0.05) is 22.0 Å². The maximum Gasteiger partial charge on any atom is 0.408 e. The SMILES string of the molecule is CC(C)(C)OC(=O)N[C@H]1CCCc2ccc(Br)cc21.